The maximum atomic E-state index is 8.64. The normalized spacial score (nSPS) is 14.1. The Morgan fingerprint density at radius 1 is 1.47 bits per heavy atom. The molecule has 17 heavy (non-hydrogen) atoms. The Kier molecular flexibility index (Phi) is 3.23. The summed E-state index contributed by atoms with van der Waals surface area (Å²) in [6.07, 6.45) is 2.63. The Labute approximate surface area is 99.2 Å². The van der Waals surface area contributed by atoms with Crippen LogP contribution < -0.4 is 15.4 Å². The van der Waals surface area contributed by atoms with Gasteiger partial charge in [0.15, 0.2) is 0 Å². The second kappa shape index (κ2) is 4.82. The Bertz CT molecular complexity index is 439. The van der Waals surface area contributed by atoms with Crippen molar-refractivity contribution >= 4 is 11.9 Å². The minimum atomic E-state index is 0.134. The maximum absolute atomic E-state index is 8.64. The first-order chi connectivity index (χ1) is 8.24. The molecular weight excluding hydrogens is 220 g/mol. The molecule has 1 heterocycles. The van der Waals surface area contributed by atoms with Gasteiger partial charge in [0.2, 0.25) is 11.9 Å². The molecule has 1 fully saturated rings. The second-order valence-corrected chi connectivity index (χ2v) is 3.81. The highest BCUT2D eigenvalue weighted by molar-refractivity contribution is 5.39. The van der Waals surface area contributed by atoms with E-state index in [-0.39, 0.29) is 12.0 Å². The van der Waals surface area contributed by atoms with Gasteiger partial charge in [-0.2, -0.15) is 20.2 Å². The third kappa shape index (κ3) is 2.72. The van der Waals surface area contributed by atoms with E-state index in [4.69, 9.17) is 15.7 Å². The summed E-state index contributed by atoms with van der Waals surface area (Å²) in [5, 5.41) is 8.64. The van der Waals surface area contributed by atoms with Gasteiger partial charge in [-0.3, -0.25) is 0 Å². The van der Waals surface area contributed by atoms with Crippen molar-refractivity contribution < 1.29 is 4.74 Å². The number of aromatic nitrogens is 3. The Morgan fingerprint density at radius 3 is 2.82 bits per heavy atom. The number of anilines is 2. The van der Waals surface area contributed by atoms with Crippen molar-refractivity contribution in [1.82, 2.24) is 15.0 Å². The van der Waals surface area contributed by atoms with Crippen LogP contribution in [-0.4, -0.2) is 34.6 Å². The number of nitrogens with zero attached hydrogens (tertiary/aromatic N) is 5. The van der Waals surface area contributed by atoms with E-state index in [0.717, 1.165) is 12.8 Å². The molecule has 0 amide bonds. The van der Waals surface area contributed by atoms with Crippen LogP contribution in [0.25, 0.3) is 0 Å². The quantitative estimate of drug-likeness (QED) is 0.784. The highest BCUT2D eigenvalue weighted by atomic mass is 16.5. The average Bonchev–Trinajstić information content (AvgIpc) is 3.13. The molecule has 90 valence electrons. The summed E-state index contributed by atoms with van der Waals surface area (Å²) in [5.74, 6) is 0.626. The molecule has 1 aromatic heterocycles. The predicted molar refractivity (Wildman–Crippen MR) is 61.4 cm³/mol. The van der Waals surface area contributed by atoms with Crippen LogP contribution >= 0.6 is 0 Å². The largest absolute Gasteiger partial charge is 0.467 e. The monoisotopic (exact) mass is 234 g/mol. The van der Waals surface area contributed by atoms with Crippen LogP contribution in [0.5, 0.6) is 6.01 Å². The number of methoxy groups -OCH3 is 1. The summed E-state index contributed by atoms with van der Waals surface area (Å²) >= 11 is 0. The molecule has 1 aromatic rings. The summed E-state index contributed by atoms with van der Waals surface area (Å²) in [6, 6.07) is 2.73. The first-order valence-corrected chi connectivity index (χ1v) is 5.43. The van der Waals surface area contributed by atoms with Gasteiger partial charge in [0.25, 0.3) is 0 Å². The smallest absolute Gasteiger partial charge is 0.322 e. The van der Waals surface area contributed by atoms with E-state index in [1.165, 1.54) is 7.11 Å². The summed E-state index contributed by atoms with van der Waals surface area (Å²) in [6.45, 7) is 0.605. The van der Waals surface area contributed by atoms with Gasteiger partial charge in [-0.25, -0.2) is 0 Å². The third-order valence-corrected chi connectivity index (χ3v) is 2.51. The van der Waals surface area contributed by atoms with Crippen LogP contribution in [0, 0.1) is 11.3 Å². The van der Waals surface area contributed by atoms with Crippen LogP contribution in [-0.2, 0) is 0 Å². The zero-order chi connectivity index (χ0) is 12.3. The lowest BCUT2D eigenvalue weighted by molar-refractivity contribution is 0.379. The van der Waals surface area contributed by atoms with Crippen molar-refractivity contribution in [3.63, 3.8) is 0 Å². The van der Waals surface area contributed by atoms with Crippen LogP contribution in [0.15, 0.2) is 0 Å². The molecule has 0 bridgehead atoms. The van der Waals surface area contributed by atoms with Gasteiger partial charge >= 0.3 is 6.01 Å². The summed E-state index contributed by atoms with van der Waals surface area (Å²) in [4.78, 5) is 14.1. The van der Waals surface area contributed by atoms with E-state index in [0.29, 0.717) is 25.0 Å². The Morgan fingerprint density at radius 2 is 2.24 bits per heavy atom. The molecule has 2 rings (SSSR count). The third-order valence-electron chi connectivity index (χ3n) is 2.51. The van der Waals surface area contributed by atoms with Crippen molar-refractivity contribution in [1.29, 1.82) is 5.26 Å². The number of rotatable bonds is 5. The van der Waals surface area contributed by atoms with Gasteiger partial charge in [-0.1, -0.05) is 0 Å². The van der Waals surface area contributed by atoms with E-state index < -0.39 is 0 Å². The van der Waals surface area contributed by atoms with Crippen molar-refractivity contribution in [3.05, 3.63) is 0 Å². The zero-order valence-electron chi connectivity index (χ0n) is 9.63. The molecule has 7 heteroatoms. The highest BCUT2D eigenvalue weighted by Gasteiger charge is 2.31. The Hall–Kier alpha value is -2.10. The summed E-state index contributed by atoms with van der Waals surface area (Å²) in [7, 11) is 1.48. The number of nitrogens with two attached hydrogens (primary N) is 1. The number of nitrogen functional groups attached to an aromatic ring is 1. The first kappa shape index (κ1) is 11.4. The number of hydrogen-bond acceptors (Lipinski definition) is 7. The molecule has 1 saturated carbocycles. The molecule has 0 atom stereocenters. The second-order valence-electron chi connectivity index (χ2n) is 3.81. The van der Waals surface area contributed by atoms with Gasteiger partial charge in [0.1, 0.15) is 0 Å². The van der Waals surface area contributed by atoms with Crippen molar-refractivity contribution in [2.45, 2.75) is 25.3 Å². The molecule has 0 radical (unpaired) electrons. The van der Waals surface area contributed by atoms with Gasteiger partial charge in [0, 0.05) is 12.6 Å². The molecule has 2 N–H and O–H groups in total. The van der Waals surface area contributed by atoms with Crippen LogP contribution in [0.1, 0.15) is 19.3 Å². The minimum absolute atomic E-state index is 0.134. The number of hydrogen-bond donors (Lipinski definition) is 1. The minimum Gasteiger partial charge on any atom is -0.467 e. The lowest BCUT2D eigenvalue weighted by Crippen LogP contribution is -2.29. The first-order valence-electron chi connectivity index (χ1n) is 5.43. The lowest BCUT2D eigenvalue weighted by atomic mass is 10.4. The predicted octanol–water partition coefficient (Wildman–Crippen LogP) is 0.345. The molecular formula is C10H14N6O. The number of ether oxygens (including phenoxy) is 1. The maximum Gasteiger partial charge on any atom is 0.322 e. The fourth-order valence-electron chi connectivity index (χ4n) is 1.58. The van der Waals surface area contributed by atoms with Crippen LogP contribution in [0.3, 0.4) is 0 Å². The van der Waals surface area contributed by atoms with E-state index in [9.17, 15) is 0 Å². The summed E-state index contributed by atoms with van der Waals surface area (Å²) in [5.41, 5.74) is 5.59. The molecule has 0 saturated heterocycles. The molecule has 0 aliphatic heterocycles. The van der Waals surface area contributed by atoms with E-state index in [1.807, 2.05) is 4.90 Å². The van der Waals surface area contributed by atoms with Crippen molar-refractivity contribution in [2.75, 3.05) is 24.3 Å². The molecule has 0 unspecified atom stereocenters. The molecule has 0 aromatic carbocycles. The van der Waals surface area contributed by atoms with Gasteiger partial charge < -0.3 is 15.4 Å². The van der Waals surface area contributed by atoms with Gasteiger partial charge in [-0.15, -0.1) is 0 Å². The van der Waals surface area contributed by atoms with E-state index in [2.05, 4.69) is 21.0 Å². The average molecular weight is 234 g/mol. The zero-order valence-corrected chi connectivity index (χ0v) is 9.63. The lowest BCUT2D eigenvalue weighted by Gasteiger charge is -2.20. The van der Waals surface area contributed by atoms with Crippen LogP contribution in [0.4, 0.5) is 11.9 Å². The Balaban J connectivity index is 2.22. The topological polar surface area (TPSA) is 101 Å². The molecule has 1 aliphatic carbocycles. The van der Waals surface area contributed by atoms with Crippen LogP contribution in [0.2, 0.25) is 0 Å². The van der Waals surface area contributed by atoms with E-state index >= 15 is 0 Å². The highest BCUT2D eigenvalue weighted by Crippen LogP contribution is 2.30. The molecule has 7 nitrogen and oxygen atoms in total. The fraction of sp³-hybridized carbons (Fsp3) is 0.600. The SMILES string of the molecule is COc1nc(N)nc(N(CCC#N)C2CC2)n1. The molecule has 0 spiro atoms. The van der Waals surface area contributed by atoms with Gasteiger partial charge in [-0.05, 0) is 12.8 Å². The fourth-order valence-corrected chi connectivity index (χ4v) is 1.58. The standard InChI is InChI=1S/C10H14N6O/c1-17-10-14-8(12)13-9(15-10)16(6-2-5-11)7-3-4-7/h7H,2-4,6H2,1H3,(H2,12,13,14,15). The summed E-state index contributed by atoms with van der Waals surface area (Å²) < 4.78 is 4.96. The van der Waals surface area contributed by atoms with Crippen molar-refractivity contribution in [2.24, 2.45) is 0 Å². The van der Waals surface area contributed by atoms with E-state index in [1.54, 1.807) is 0 Å². The molecule has 1 aliphatic rings. The number of nitriles is 1. The van der Waals surface area contributed by atoms with Gasteiger partial charge in [0.05, 0.1) is 19.6 Å². The van der Waals surface area contributed by atoms with Crippen molar-refractivity contribution in [3.8, 4) is 12.1 Å².